The number of aromatic nitrogens is 1. The van der Waals surface area contributed by atoms with E-state index in [1.165, 1.54) is 11.1 Å². The summed E-state index contributed by atoms with van der Waals surface area (Å²) >= 11 is 6.11. The number of rotatable bonds is 8. The molecule has 2 nitrogen and oxygen atoms in total. The molecule has 1 N–H and O–H groups in total. The Kier molecular flexibility index (Phi) is 7.27. The minimum atomic E-state index is -0.774. The van der Waals surface area contributed by atoms with E-state index >= 15 is 0 Å². The van der Waals surface area contributed by atoms with Crippen LogP contribution < -0.4 is 0 Å². The predicted octanol–water partition coefficient (Wildman–Crippen LogP) is 7.85. The van der Waals surface area contributed by atoms with E-state index in [2.05, 4.69) is 54.6 Å². The summed E-state index contributed by atoms with van der Waals surface area (Å²) in [5.41, 5.74) is 5.81. The van der Waals surface area contributed by atoms with Gasteiger partial charge in [0.1, 0.15) is 0 Å². The number of aliphatic hydroxyl groups is 1. The molecule has 0 aliphatic rings. The van der Waals surface area contributed by atoms with Gasteiger partial charge in [0.05, 0.1) is 16.8 Å². The lowest BCUT2D eigenvalue weighted by molar-refractivity contribution is 0.0521. The zero-order valence-corrected chi connectivity index (χ0v) is 20.0. The SMILES string of the molecule is CCC(C)(O)c1ccccc1CCCc1cccc(C=Cc2ccc3ccc(Cl)cc3n2)c1. The van der Waals surface area contributed by atoms with Crippen molar-refractivity contribution < 1.29 is 5.11 Å². The lowest BCUT2D eigenvalue weighted by Gasteiger charge is -2.25. The molecule has 0 aliphatic carbocycles. The Morgan fingerprint density at radius 1 is 0.909 bits per heavy atom. The maximum atomic E-state index is 10.7. The molecule has 168 valence electrons. The lowest BCUT2D eigenvalue weighted by atomic mass is 9.87. The number of hydrogen-bond donors (Lipinski definition) is 1. The Bertz CT molecular complexity index is 1280. The van der Waals surface area contributed by atoms with Crippen LogP contribution in [0.2, 0.25) is 5.02 Å². The van der Waals surface area contributed by atoms with Crippen LogP contribution in [0.4, 0.5) is 0 Å². The Balaban J connectivity index is 1.42. The van der Waals surface area contributed by atoms with Gasteiger partial charge in [-0.15, -0.1) is 0 Å². The quantitative estimate of drug-likeness (QED) is 0.293. The third kappa shape index (κ3) is 5.90. The summed E-state index contributed by atoms with van der Waals surface area (Å²) in [6, 6.07) is 26.8. The molecule has 0 radical (unpaired) electrons. The van der Waals surface area contributed by atoms with Crippen molar-refractivity contribution in [2.24, 2.45) is 0 Å². The predicted molar refractivity (Wildman–Crippen MR) is 140 cm³/mol. The van der Waals surface area contributed by atoms with Crippen molar-refractivity contribution in [3.63, 3.8) is 0 Å². The fourth-order valence-electron chi connectivity index (χ4n) is 4.17. The van der Waals surface area contributed by atoms with Crippen molar-refractivity contribution in [1.29, 1.82) is 0 Å². The van der Waals surface area contributed by atoms with Crippen LogP contribution in [0.5, 0.6) is 0 Å². The fraction of sp³-hybridized carbons (Fsp3) is 0.233. The van der Waals surface area contributed by atoms with Crippen LogP contribution in [0, 0.1) is 0 Å². The third-order valence-corrected chi connectivity index (χ3v) is 6.51. The number of aryl methyl sites for hydroxylation is 2. The molecule has 0 spiro atoms. The van der Waals surface area contributed by atoms with Gasteiger partial charge in [-0.2, -0.15) is 0 Å². The van der Waals surface area contributed by atoms with Gasteiger partial charge in [0, 0.05) is 10.4 Å². The zero-order valence-electron chi connectivity index (χ0n) is 19.3. The van der Waals surface area contributed by atoms with Gasteiger partial charge in [0.25, 0.3) is 0 Å². The molecule has 33 heavy (non-hydrogen) atoms. The second kappa shape index (κ2) is 10.3. The van der Waals surface area contributed by atoms with Crippen LogP contribution in [-0.4, -0.2) is 10.1 Å². The lowest BCUT2D eigenvalue weighted by Crippen LogP contribution is -2.21. The van der Waals surface area contributed by atoms with Crippen molar-refractivity contribution in [2.75, 3.05) is 0 Å². The molecular formula is C30H30ClNO. The average molecular weight is 456 g/mol. The van der Waals surface area contributed by atoms with Gasteiger partial charge in [-0.3, -0.25) is 0 Å². The highest BCUT2D eigenvalue weighted by Gasteiger charge is 2.22. The Labute approximate surface area is 201 Å². The van der Waals surface area contributed by atoms with Crippen LogP contribution in [0.1, 0.15) is 54.6 Å². The summed E-state index contributed by atoms with van der Waals surface area (Å²) in [5.74, 6) is 0. The fourth-order valence-corrected chi connectivity index (χ4v) is 4.34. The van der Waals surface area contributed by atoms with E-state index in [1.807, 2.05) is 50.3 Å². The number of pyridine rings is 1. The van der Waals surface area contributed by atoms with Crippen LogP contribution >= 0.6 is 11.6 Å². The highest BCUT2D eigenvalue weighted by molar-refractivity contribution is 6.31. The van der Waals surface area contributed by atoms with Crippen LogP contribution in [0.25, 0.3) is 23.1 Å². The summed E-state index contributed by atoms with van der Waals surface area (Å²) in [5, 5.41) is 12.5. The molecule has 4 aromatic rings. The maximum absolute atomic E-state index is 10.7. The summed E-state index contributed by atoms with van der Waals surface area (Å²) in [6.45, 7) is 3.93. The van der Waals surface area contributed by atoms with Gasteiger partial charge < -0.3 is 5.11 Å². The smallest absolute Gasteiger partial charge is 0.0868 e. The first-order valence-corrected chi connectivity index (χ1v) is 12.0. The van der Waals surface area contributed by atoms with Crippen LogP contribution in [0.15, 0.2) is 78.9 Å². The highest BCUT2D eigenvalue weighted by atomic mass is 35.5. The molecular weight excluding hydrogens is 426 g/mol. The second-order valence-corrected chi connectivity index (χ2v) is 9.23. The Morgan fingerprint density at radius 3 is 2.58 bits per heavy atom. The average Bonchev–Trinajstić information content (AvgIpc) is 2.83. The molecule has 0 saturated heterocycles. The summed E-state index contributed by atoms with van der Waals surface area (Å²) in [4.78, 5) is 4.70. The standard InChI is InChI=1S/C30H30ClNO/c1-3-30(2,33)28-13-5-4-11-24(28)12-7-10-22-8-6-9-23(20-22)14-18-27-19-16-25-15-17-26(31)21-29(25)32-27/h4-6,8-9,11,13-21,33H,3,7,10,12H2,1-2H3. The van der Waals surface area contributed by atoms with E-state index in [0.29, 0.717) is 11.4 Å². The number of nitrogens with zero attached hydrogens (tertiary/aromatic N) is 1. The van der Waals surface area contributed by atoms with E-state index in [-0.39, 0.29) is 0 Å². The second-order valence-electron chi connectivity index (χ2n) is 8.79. The molecule has 4 rings (SSSR count). The number of benzene rings is 3. The van der Waals surface area contributed by atoms with E-state index in [4.69, 9.17) is 16.6 Å². The zero-order chi connectivity index (χ0) is 23.3. The minimum Gasteiger partial charge on any atom is -0.385 e. The normalized spacial score (nSPS) is 13.5. The van der Waals surface area contributed by atoms with E-state index in [1.54, 1.807) is 0 Å². The van der Waals surface area contributed by atoms with Gasteiger partial charge in [-0.25, -0.2) is 4.98 Å². The van der Waals surface area contributed by atoms with Crippen LogP contribution in [0.3, 0.4) is 0 Å². The van der Waals surface area contributed by atoms with Crippen LogP contribution in [-0.2, 0) is 18.4 Å². The summed E-state index contributed by atoms with van der Waals surface area (Å²) in [7, 11) is 0. The van der Waals surface area contributed by atoms with Crippen molar-refractivity contribution in [1.82, 2.24) is 4.98 Å². The Hall–Kier alpha value is -2.94. The molecule has 0 saturated carbocycles. The molecule has 3 heteroatoms. The maximum Gasteiger partial charge on any atom is 0.0868 e. The number of halogens is 1. The number of fused-ring (bicyclic) bond motifs is 1. The molecule has 3 aromatic carbocycles. The molecule has 1 aromatic heterocycles. The molecule has 0 amide bonds. The summed E-state index contributed by atoms with van der Waals surface area (Å²) < 4.78 is 0. The molecule has 1 atom stereocenters. The largest absolute Gasteiger partial charge is 0.385 e. The highest BCUT2D eigenvalue weighted by Crippen LogP contribution is 2.28. The molecule has 0 aliphatic heterocycles. The van der Waals surface area contributed by atoms with Gasteiger partial charge in [0.15, 0.2) is 0 Å². The molecule has 0 bridgehead atoms. The topological polar surface area (TPSA) is 33.1 Å². The van der Waals surface area contributed by atoms with E-state index in [9.17, 15) is 5.11 Å². The summed E-state index contributed by atoms with van der Waals surface area (Å²) in [6.07, 6.45) is 7.85. The monoisotopic (exact) mass is 455 g/mol. The van der Waals surface area contributed by atoms with Crippen molar-refractivity contribution in [3.05, 3.63) is 112 Å². The Morgan fingerprint density at radius 2 is 1.73 bits per heavy atom. The van der Waals surface area contributed by atoms with Gasteiger partial charge in [-0.05, 0) is 79.1 Å². The van der Waals surface area contributed by atoms with Gasteiger partial charge in [-0.1, -0.05) is 85.3 Å². The van der Waals surface area contributed by atoms with Crippen molar-refractivity contribution >= 4 is 34.7 Å². The van der Waals surface area contributed by atoms with E-state index in [0.717, 1.165) is 47.0 Å². The first kappa shape index (κ1) is 23.2. The first-order valence-electron chi connectivity index (χ1n) is 11.6. The van der Waals surface area contributed by atoms with Gasteiger partial charge in [0.2, 0.25) is 0 Å². The number of hydrogen-bond acceptors (Lipinski definition) is 2. The van der Waals surface area contributed by atoms with E-state index < -0.39 is 5.60 Å². The van der Waals surface area contributed by atoms with Crippen molar-refractivity contribution in [2.45, 2.75) is 45.1 Å². The molecule has 0 fully saturated rings. The minimum absolute atomic E-state index is 0.699. The first-order chi connectivity index (χ1) is 15.9. The van der Waals surface area contributed by atoms with Crippen molar-refractivity contribution in [3.8, 4) is 0 Å². The molecule has 1 unspecified atom stereocenters. The van der Waals surface area contributed by atoms with Gasteiger partial charge >= 0.3 is 0 Å². The molecule has 1 heterocycles. The third-order valence-electron chi connectivity index (χ3n) is 6.27.